The topological polar surface area (TPSA) is 385 Å². The van der Waals surface area contributed by atoms with Crippen molar-refractivity contribution in [2.45, 2.75) is 203 Å². The molecule has 32 heteroatoms. The monoisotopic (exact) mass is 1500 g/mol. The Bertz CT molecular complexity index is 4130. The number of aromatic nitrogens is 2. The van der Waals surface area contributed by atoms with E-state index in [-0.39, 0.29) is 69.1 Å². The summed E-state index contributed by atoms with van der Waals surface area (Å²) in [5.41, 5.74) is 1.14. The van der Waals surface area contributed by atoms with E-state index in [1.165, 1.54) is 28.0 Å². The highest BCUT2D eigenvalue weighted by molar-refractivity contribution is 7.91. The number of rotatable bonds is 21. The third-order valence-corrected chi connectivity index (χ3v) is 21.7. The van der Waals surface area contributed by atoms with Crippen molar-refractivity contribution in [3.63, 3.8) is 0 Å². The van der Waals surface area contributed by atoms with Crippen molar-refractivity contribution in [2.75, 3.05) is 27.3 Å². The Balaban J connectivity index is 0.000000290. The lowest BCUT2D eigenvalue weighted by molar-refractivity contribution is -0.142. The number of fused-ring (bicyclic) bond motifs is 2. The summed E-state index contributed by atoms with van der Waals surface area (Å²) in [5.74, 6) is -2.85. The molecule has 2 aromatic carbocycles. The first-order valence-corrected chi connectivity index (χ1v) is 36.4. The van der Waals surface area contributed by atoms with Crippen molar-refractivity contribution in [3.8, 4) is 23.3 Å². The fraction of sp³-hybridized carbons (Fsp3) is 0.571. The molecule has 10 atom stereocenters. The van der Waals surface area contributed by atoms with Crippen molar-refractivity contribution < 1.29 is 74.1 Å². The van der Waals surface area contributed by atoms with Gasteiger partial charge in [-0.2, -0.15) is 0 Å². The van der Waals surface area contributed by atoms with Crippen molar-refractivity contribution in [1.82, 2.24) is 50.5 Å². The number of pyridine rings is 2. The zero-order chi connectivity index (χ0) is 74.0. The molecule has 4 aromatic rings. The highest BCUT2D eigenvalue weighted by atomic mass is 35.5. The van der Waals surface area contributed by atoms with Crippen LogP contribution in [0.25, 0.3) is 21.5 Å². The SMILES string of the molecule is C=C[C@@H]1C[C@]1(NC(=O)[C@@H]1C[C@@H](Oc2nccc3cc(OC)ccc23)CN1C(=O)[C@@H](NC(=O)NC(C)(C)C)C(C)(C)C)C(=O)NS(=O)(=O)C1CC1.C=C[C@@H]1C[C@]1(NC(=O)[C@@H]1C[C@@H](Oc2nccc3cc(OC)ccc23)CN1C(=O)[C@H](N)C(C)(C)C)C(=O)NS(=O)(=O)C1CC1.CC(C)(C)N=C=O.Cl.Cl. The first-order chi connectivity index (χ1) is 46.5. The van der Waals surface area contributed by atoms with E-state index in [1.54, 1.807) is 59.5 Å². The molecule has 4 aliphatic carbocycles. The van der Waals surface area contributed by atoms with Gasteiger partial charge >= 0.3 is 6.03 Å². The van der Waals surface area contributed by atoms with E-state index in [9.17, 15) is 55.2 Å². The van der Waals surface area contributed by atoms with Gasteiger partial charge in [0.25, 0.3) is 11.8 Å². The van der Waals surface area contributed by atoms with Crippen molar-refractivity contribution >= 4 is 114 Å². The number of hydrogen-bond donors (Lipinski definition) is 7. The van der Waals surface area contributed by atoms with Gasteiger partial charge < -0.3 is 55.7 Å². The number of aliphatic imine (C=N–C) groups is 1. The van der Waals surface area contributed by atoms with Gasteiger partial charge in [0.2, 0.25) is 61.5 Å². The molecule has 8 N–H and O–H groups in total. The van der Waals surface area contributed by atoms with Gasteiger partial charge in [-0.25, -0.2) is 41.4 Å². The lowest BCUT2D eigenvalue weighted by atomic mass is 9.85. The van der Waals surface area contributed by atoms with Crippen LogP contribution < -0.4 is 55.4 Å². The minimum absolute atomic E-state index is 0. The van der Waals surface area contributed by atoms with Crippen LogP contribution in [-0.2, 0) is 53.6 Å². The van der Waals surface area contributed by atoms with E-state index in [1.807, 2.05) is 98.7 Å². The molecule has 10 rings (SSSR count). The molecule has 4 heterocycles. The summed E-state index contributed by atoms with van der Waals surface area (Å²) in [7, 11) is -4.57. The summed E-state index contributed by atoms with van der Waals surface area (Å²) in [6.45, 7) is 29.4. The summed E-state index contributed by atoms with van der Waals surface area (Å²) in [4.78, 5) is 120. The smallest absolute Gasteiger partial charge is 0.315 e. The van der Waals surface area contributed by atoms with Crippen LogP contribution in [0.5, 0.6) is 23.3 Å². The van der Waals surface area contributed by atoms with Crippen LogP contribution in [0.4, 0.5) is 4.79 Å². The molecular weight excluding hydrogens is 1400 g/mol. The summed E-state index contributed by atoms with van der Waals surface area (Å²) in [6, 6.07) is 9.89. The molecule has 0 radical (unpaired) electrons. The van der Waals surface area contributed by atoms with Gasteiger partial charge in [0.1, 0.15) is 52.9 Å². The number of likely N-dealkylation sites (tertiary alicyclic amines) is 2. The maximum absolute atomic E-state index is 14.4. The van der Waals surface area contributed by atoms with Crippen LogP contribution in [0, 0.1) is 22.7 Å². The van der Waals surface area contributed by atoms with Crippen molar-refractivity contribution in [1.29, 1.82) is 0 Å². The number of ether oxygens (including phenoxy) is 4. The fourth-order valence-electron chi connectivity index (χ4n) is 11.8. The number of isocyanates is 1. The Labute approximate surface area is 608 Å². The second-order valence-corrected chi connectivity index (χ2v) is 34.5. The van der Waals surface area contributed by atoms with Gasteiger partial charge in [0.15, 0.2) is 0 Å². The predicted molar refractivity (Wildman–Crippen MR) is 389 cm³/mol. The Hall–Kier alpha value is -8.15. The van der Waals surface area contributed by atoms with E-state index in [4.69, 9.17) is 24.7 Å². The average molecular weight is 1500 g/mol. The number of nitrogens with two attached hydrogens (primary N) is 1. The highest BCUT2D eigenvalue weighted by Gasteiger charge is 2.64. The maximum Gasteiger partial charge on any atom is 0.315 e. The normalized spacial score (nSPS) is 23.5. The van der Waals surface area contributed by atoms with E-state index >= 15 is 0 Å². The van der Waals surface area contributed by atoms with Gasteiger partial charge in [-0.05, 0) is 150 Å². The second-order valence-electron chi connectivity index (χ2n) is 30.6. The summed E-state index contributed by atoms with van der Waals surface area (Å²) in [5, 5.41) is 13.0. The van der Waals surface area contributed by atoms with Gasteiger partial charge in [-0.15, -0.1) is 38.0 Å². The lowest BCUT2D eigenvalue weighted by Crippen LogP contribution is -2.61. The largest absolute Gasteiger partial charge is 0.497 e. The molecule has 0 bridgehead atoms. The van der Waals surface area contributed by atoms with Crippen molar-refractivity contribution in [2.24, 2.45) is 33.4 Å². The Morgan fingerprint density at radius 1 is 0.637 bits per heavy atom. The Kier molecular flexibility index (Phi) is 25.8. The molecule has 0 unspecified atom stereocenters. The van der Waals surface area contributed by atoms with Crippen LogP contribution >= 0.6 is 24.8 Å². The van der Waals surface area contributed by atoms with E-state index < -0.39 is 148 Å². The molecule has 2 saturated heterocycles. The Morgan fingerprint density at radius 2 is 1.04 bits per heavy atom. The van der Waals surface area contributed by atoms with Gasteiger partial charge in [-0.1, -0.05) is 53.7 Å². The maximum atomic E-state index is 14.4. The molecule has 6 aliphatic rings. The number of benzene rings is 2. The molecule has 6 fully saturated rings. The van der Waals surface area contributed by atoms with Gasteiger partial charge in [0, 0.05) is 53.4 Å². The van der Waals surface area contributed by atoms with Crippen molar-refractivity contribution in [3.05, 3.63) is 86.2 Å². The molecule has 2 aromatic heterocycles. The number of amides is 8. The number of carbonyl (C=O) groups is 7. The number of methoxy groups -OCH3 is 2. The third kappa shape index (κ3) is 20.0. The van der Waals surface area contributed by atoms with Crippen LogP contribution in [0.2, 0.25) is 0 Å². The summed E-state index contributed by atoms with van der Waals surface area (Å²) < 4.78 is 77.9. The number of carbonyl (C=O) groups excluding carboxylic acids is 8. The third-order valence-electron chi connectivity index (χ3n) is 18.1. The Morgan fingerprint density at radius 3 is 1.35 bits per heavy atom. The first kappa shape index (κ1) is 82.8. The molecular formula is C70H98Cl2N12O16S2. The quantitative estimate of drug-likeness (QED) is 0.0270. The number of sulfonamides is 2. The van der Waals surface area contributed by atoms with E-state index in [2.05, 4.69) is 58.8 Å². The van der Waals surface area contributed by atoms with Gasteiger partial charge in [0.05, 0.1) is 49.4 Å². The zero-order valence-corrected chi connectivity index (χ0v) is 63.4. The lowest BCUT2D eigenvalue weighted by Gasteiger charge is -2.36. The highest BCUT2D eigenvalue weighted by Crippen LogP contribution is 2.47. The minimum Gasteiger partial charge on any atom is -0.497 e. The average Bonchev–Trinajstić information content (AvgIpc) is 1.58. The standard InChI is InChI=1S/C35H48N6O8S.C30H39N5O7S.C5H9NO.2ClH/c1-9-21-18-35(21,31(44)40-50(46,47)24-11-12-24)38-28(42)26-17-23(49-29-25-13-10-22(48-8)16-20(25)14-15-36-29)19-41(26)30(43)27(33(2,3)4)37-32(45)39-34(5,6)7;1-6-18-15-30(18,28(38)34-43(39,40)21-8-9-21)33-25(36)23-14-20(16-35(23)27(37)24(31)29(2,3)4)42-26-22-10-7-19(41-5)13-17(22)11-12-32-26;1-5(2,3)6-4-7;;/h9-10,13-16,21,23-24,26-27H,1,11-12,17-19H2,2-8H3,(H,38,42)(H,40,44)(H2,37,39,45);6-7,10-13,18,20-21,23-24H,1,8-9,14-16,31H2,2-5H3,(H,33,36)(H,34,38);1-3H3;2*1H/t21-,23-,26+,27-,35-;18-,20-,23+,24+,30-;;;/m11.../s1. The molecule has 28 nitrogen and oxygen atoms in total. The number of nitrogens with zero attached hydrogens (tertiary/aromatic N) is 5. The minimum atomic E-state index is -3.89. The first-order valence-electron chi connectivity index (χ1n) is 33.3. The molecule has 8 amide bonds. The second kappa shape index (κ2) is 31.8. The molecule has 4 saturated carbocycles. The van der Waals surface area contributed by atoms with Crippen LogP contribution in [0.15, 0.2) is 91.2 Å². The van der Waals surface area contributed by atoms with Gasteiger partial charge in [-0.3, -0.25) is 38.2 Å². The van der Waals surface area contributed by atoms with Crippen LogP contribution in [-0.4, -0.2) is 180 Å². The molecule has 0 spiro atoms. The number of urea groups is 1. The summed E-state index contributed by atoms with van der Waals surface area (Å²) in [6.07, 6.45) is 8.78. The van der Waals surface area contributed by atoms with E-state index in [0.717, 1.165) is 16.2 Å². The van der Waals surface area contributed by atoms with E-state index in [0.29, 0.717) is 54.3 Å². The zero-order valence-electron chi connectivity index (χ0n) is 60.2. The molecule has 560 valence electrons. The predicted octanol–water partition coefficient (Wildman–Crippen LogP) is 6.37. The number of nitrogens with one attached hydrogen (secondary N) is 6. The fourth-order valence-corrected chi connectivity index (χ4v) is 14.5. The van der Waals surface area contributed by atoms with Crippen LogP contribution in [0.3, 0.4) is 0 Å². The molecule has 2 aliphatic heterocycles. The number of hydrogen-bond acceptors (Lipinski definition) is 20. The molecule has 102 heavy (non-hydrogen) atoms. The van der Waals surface area contributed by atoms with Crippen LogP contribution in [0.1, 0.15) is 134 Å². The summed E-state index contributed by atoms with van der Waals surface area (Å²) >= 11 is 0. The number of halogens is 2.